The molecule has 3 fully saturated rings. The summed E-state index contributed by atoms with van der Waals surface area (Å²) >= 11 is 0. The minimum atomic E-state index is -0.818. The largest absolute Gasteiger partial charge is 0.347 e. The molecular weight excluding hydrogens is 424 g/mol. The van der Waals surface area contributed by atoms with E-state index >= 15 is 0 Å². The second-order valence-electron chi connectivity index (χ2n) is 10.3. The number of nitrogens with zero attached hydrogens (tertiary/aromatic N) is 3. The van der Waals surface area contributed by atoms with Gasteiger partial charge in [-0.25, -0.2) is 8.78 Å². The van der Waals surface area contributed by atoms with Crippen LogP contribution in [0.15, 0.2) is 34.8 Å². The highest BCUT2D eigenvalue weighted by Gasteiger charge is 2.47. The summed E-state index contributed by atoms with van der Waals surface area (Å²) in [4.78, 5) is 31.5. The van der Waals surface area contributed by atoms with Crippen LogP contribution in [0, 0.1) is 23.5 Å². The number of halogens is 2. The van der Waals surface area contributed by atoms with Crippen molar-refractivity contribution in [1.82, 2.24) is 14.4 Å². The molecule has 6 rings (SSSR count). The molecule has 2 unspecified atom stereocenters. The Bertz CT molecular complexity index is 1240. The van der Waals surface area contributed by atoms with Crippen LogP contribution < -0.4 is 5.43 Å². The fourth-order valence-corrected chi connectivity index (χ4v) is 7.07. The van der Waals surface area contributed by atoms with Gasteiger partial charge in [-0.1, -0.05) is 18.1 Å². The number of carbonyl (C=O) groups excluding carboxylic acids is 1. The van der Waals surface area contributed by atoms with Crippen LogP contribution in [-0.4, -0.2) is 52.0 Å². The van der Waals surface area contributed by atoms with E-state index in [2.05, 4.69) is 11.0 Å². The van der Waals surface area contributed by atoms with Crippen molar-refractivity contribution in [3.8, 4) is 0 Å². The standard InChI is InChI=1S/C26H29F2N3O2/c1-29-14-20(25(32)19-11-18(27)12-21(28)24(19)29)26(33)31-8-4-5-15-9-16-10-17(23(15)31)13-30-7-3-2-6-22(16)30/h9,11-12,14,16-17,22-23H,2-8,10,13H2,1H3/t16?,17?,22-,23-/m1/s1. The lowest BCUT2D eigenvalue weighted by Gasteiger charge is -2.54. The summed E-state index contributed by atoms with van der Waals surface area (Å²) in [7, 11) is 1.59. The lowest BCUT2D eigenvalue weighted by Crippen LogP contribution is -2.60. The molecule has 5 nitrogen and oxygen atoms in total. The number of hydrogen-bond donors (Lipinski definition) is 0. The first-order valence-corrected chi connectivity index (χ1v) is 12.2. The number of aryl methyl sites for hydroxylation is 1. The third kappa shape index (κ3) is 3.27. The van der Waals surface area contributed by atoms with Gasteiger partial charge in [0.05, 0.1) is 16.9 Å². The Hall–Kier alpha value is -2.54. The van der Waals surface area contributed by atoms with Gasteiger partial charge in [0.25, 0.3) is 5.91 Å². The molecule has 4 heterocycles. The number of amides is 1. The molecule has 1 aromatic heterocycles. The van der Waals surface area contributed by atoms with Gasteiger partial charge in [-0.05, 0) is 56.6 Å². The summed E-state index contributed by atoms with van der Waals surface area (Å²) in [5.41, 5.74) is 0.748. The summed E-state index contributed by atoms with van der Waals surface area (Å²) < 4.78 is 29.7. The first-order chi connectivity index (χ1) is 15.9. The molecule has 4 atom stereocenters. The molecule has 7 heteroatoms. The summed E-state index contributed by atoms with van der Waals surface area (Å²) in [5, 5.41) is -0.0915. The second kappa shape index (κ2) is 7.76. The molecule has 1 amide bonds. The van der Waals surface area contributed by atoms with E-state index in [1.54, 1.807) is 7.05 Å². The van der Waals surface area contributed by atoms with Crippen molar-refractivity contribution in [3.63, 3.8) is 0 Å². The average molecular weight is 454 g/mol. The Kier molecular flexibility index (Phi) is 4.94. The Morgan fingerprint density at radius 2 is 1.97 bits per heavy atom. The third-order valence-electron chi connectivity index (χ3n) is 8.34. The zero-order valence-corrected chi connectivity index (χ0v) is 18.9. The first kappa shape index (κ1) is 21.0. The van der Waals surface area contributed by atoms with Gasteiger partial charge in [-0.3, -0.25) is 14.5 Å². The van der Waals surface area contributed by atoms with Gasteiger partial charge in [0.15, 0.2) is 0 Å². The Labute approximate surface area is 191 Å². The third-order valence-corrected chi connectivity index (χ3v) is 8.34. The average Bonchev–Trinajstić information content (AvgIpc) is 2.80. The Morgan fingerprint density at radius 3 is 2.82 bits per heavy atom. The maximum atomic E-state index is 14.4. The second-order valence-corrected chi connectivity index (χ2v) is 10.3. The lowest BCUT2D eigenvalue weighted by atomic mass is 9.68. The maximum Gasteiger partial charge on any atom is 0.259 e. The quantitative estimate of drug-likeness (QED) is 0.617. The number of likely N-dealkylation sites (tertiary alicyclic amines) is 1. The molecular formula is C26H29F2N3O2. The van der Waals surface area contributed by atoms with Crippen molar-refractivity contribution in [2.45, 2.75) is 50.6 Å². The van der Waals surface area contributed by atoms with Crippen LogP contribution in [0.1, 0.15) is 48.9 Å². The number of pyridine rings is 1. The number of piperidine rings is 3. The fourth-order valence-electron chi connectivity index (χ4n) is 7.07. The van der Waals surface area contributed by atoms with Crippen LogP contribution in [-0.2, 0) is 7.05 Å². The smallest absolute Gasteiger partial charge is 0.259 e. The molecule has 2 bridgehead atoms. The summed E-state index contributed by atoms with van der Waals surface area (Å²) in [6.07, 6.45) is 10.6. The minimum Gasteiger partial charge on any atom is -0.347 e. The fraction of sp³-hybridized carbons (Fsp3) is 0.538. The van der Waals surface area contributed by atoms with Crippen molar-refractivity contribution in [3.05, 3.63) is 57.4 Å². The summed E-state index contributed by atoms with van der Waals surface area (Å²) in [5.74, 6) is -1.01. The van der Waals surface area contributed by atoms with E-state index in [1.165, 1.54) is 35.6 Å². The van der Waals surface area contributed by atoms with Crippen LogP contribution in [0.4, 0.5) is 8.78 Å². The maximum absolute atomic E-state index is 14.4. The molecule has 3 saturated heterocycles. The zero-order chi connectivity index (χ0) is 22.9. The van der Waals surface area contributed by atoms with Gasteiger partial charge < -0.3 is 9.47 Å². The predicted octanol–water partition coefficient (Wildman–Crippen LogP) is 3.85. The number of fused-ring (bicyclic) bond motifs is 7. The van der Waals surface area contributed by atoms with Crippen molar-refractivity contribution < 1.29 is 13.6 Å². The number of aromatic nitrogens is 1. The molecule has 1 aromatic carbocycles. The predicted molar refractivity (Wildman–Crippen MR) is 122 cm³/mol. The van der Waals surface area contributed by atoms with Crippen LogP contribution in [0.5, 0.6) is 0 Å². The topological polar surface area (TPSA) is 45.6 Å². The highest BCUT2D eigenvalue weighted by Crippen LogP contribution is 2.45. The van der Waals surface area contributed by atoms with Crippen molar-refractivity contribution in [2.24, 2.45) is 18.9 Å². The van der Waals surface area contributed by atoms with E-state index in [0.29, 0.717) is 24.4 Å². The van der Waals surface area contributed by atoms with Gasteiger partial charge in [-0.15, -0.1) is 0 Å². The van der Waals surface area contributed by atoms with E-state index in [4.69, 9.17) is 0 Å². The number of rotatable bonds is 1. The lowest BCUT2D eigenvalue weighted by molar-refractivity contribution is 0.00142. The number of hydrogen-bond acceptors (Lipinski definition) is 3. The normalized spacial score (nSPS) is 29.4. The molecule has 33 heavy (non-hydrogen) atoms. The van der Waals surface area contributed by atoms with Crippen LogP contribution in [0.3, 0.4) is 0 Å². The van der Waals surface area contributed by atoms with Gasteiger partial charge in [0.2, 0.25) is 5.43 Å². The van der Waals surface area contributed by atoms with E-state index in [0.717, 1.165) is 44.5 Å². The van der Waals surface area contributed by atoms with Crippen molar-refractivity contribution in [1.29, 1.82) is 0 Å². The van der Waals surface area contributed by atoms with Gasteiger partial charge in [0.1, 0.15) is 17.2 Å². The Morgan fingerprint density at radius 1 is 1.12 bits per heavy atom. The SMILES string of the molecule is Cn1cc(C(=O)N2CCCC3=CC4CC(CN5CCCC[C@H]45)[C@@H]32)c(=O)c2cc(F)cc(F)c21. The Balaban J connectivity index is 1.40. The molecule has 0 spiro atoms. The highest BCUT2D eigenvalue weighted by atomic mass is 19.1. The van der Waals surface area contributed by atoms with E-state index < -0.39 is 17.1 Å². The van der Waals surface area contributed by atoms with Crippen LogP contribution in [0.25, 0.3) is 10.9 Å². The van der Waals surface area contributed by atoms with Crippen molar-refractivity contribution >= 4 is 16.8 Å². The summed E-state index contributed by atoms with van der Waals surface area (Å²) in [6.45, 7) is 2.73. The minimum absolute atomic E-state index is 0.00923. The van der Waals surface area contributed by atoms with E-state index in [1.807, 2.05) is 4.90 Å². The monoisotopic (exact) mass is 453 g/mol. The zero-order valence-electron chi connectivity index (χ0n) is 18.9. The summed E-state index contributed by atoms with van der Waals surface area (Å²) in [6, 6.07) is 2.43. The van der Waals surface area contributed by atoms with Gasteiger partial charge in [-0.2, -0.15) is 0 Å². The molecule has 0 N–H and O–H groups in total. The van der Waals surface area contributed by atoms with Crippen molar-refractivity contribution in [2.75, 3.05) is 19.6 Å². The van der Waals surface area contributed by atoms with E-state index in [-0.39, 0.29) is 28.4 Å². The van der Waals surface area contributed by atoms with Gasteiger partial charge >= 0.3 is 0 Å². The molecule has 1 aliphatic carbocycles. The highest BCUT2D eigenvalue weighted by molar-refractivity contribution is 5.98. The molecule has 0 radical (unpaired) electrons. The van der Waals surface area contributed by atoms with Crippen LogP contribution in [0.2, 0.25) is 0 Å². The molecule has 174 valence electrons. The van der Waals surface area contributed by atoms with Crippen LogP contribution >= 0.6 is 0 Å². The number of benzene rings is 1. The number of carbonyl (C=O) groups is 1. The van der Waals surface area contributed by atoms with Gasteiger partial charge in [0, 0.05) is 38.4 Å². The molecule has 0 saturated carbocycles. The van der Waals surface area contributed by atoms with E-state index in [9.17, 15) is 18.4 Å². The molecule has 3 aliphatic heterocycles. The molecule has 4 aliphatic rings. The molecule has 2 aromatic rings. The first-order valence-electron chi connectivity index (χ1n) is 12.2.